The van der Waals surface area contributed by atoms with Gasteiger partial charge >= 0.3 is 6.18 Å². The molecule has 0 radical (unpaired) electrons. The molecule has 0 amide bonds. The summed E-state index contributed by atoms with van der Waals surface area (Å²) in [6, 6.07) is 2.68. The summed E-state index contributed by atoms with van der Waals surface area (Å²) in [7, 11) is -1.24. The number of alkyl halides is 3. The van der Waals surface area contributed by atoms with Crippen LogP contribution in [-0.2, 0) is 24.1 Å². The lowest BCUT2D eigenvalue weighted by Gasteiger charge is -2.15. The van der Waals surface area contributed by atoms with Gasteiger partial charge in [0.2, 0.25) is 0 Å². The lowest BCUT2D eigenvalue weighted by atomic mass is 10.1. The van der Waals surface area contributed by atoms with E-state index in [0.717, 1.165) is 6.04 Å². The molecule has 0 unspecified atom stereocenters. The third-order valence-corrected chi connectivity index (χ3v) is 4.77. The number of hydrogen-bond donors (Lipinski definition) is 0. The topological polar surface area (TPSA) is 50.8 Å². The highest BCUT2D eigenvalue weighted by molar-refractivity contribution is 6.76. The largest absolute Gasteiger partial charge is 0.435 e. The molecule has 0 saturated heterocycles. The van der Waals surface area contributed by atoms with Crippen LogP contribution in [0.4, 0.5) is 13.2 Å². The van der Waals surface area contributed by atoms with Crippen LogP contribution in [0, 0.1) is 18.3 Å². The minimum absolute atomic E-state index is 0.0230. The number of hydrogen-bond acceptors (Lipinski definition) is 3. The number of ether oxygens (including phenoxy) is 1. The Kier molecular flexibility index (Phi) is 5.59. The molecule has 1 aromatic rings. The van der Waals surface area contributed by atoms with Crippen molar-refractivity contribution in [2.24, 2.45) is 0 Å². The van der Waals surface area contributed by atoms with Gasteiger partial charge < -0.3 is 4.74 Å². The lowest BCUT2D eigenvalue weighted by molar-refractivity contribution is -0.142. The van der Waals surface area contributed by atoms with E-state index >= 15 is 0 Å². The molecule has 118 valence electrons. The van der Waals surface area contributed by atoms with E-state index in [2.05, 4.69) is 24.7 Å². The molecular weight excluding hydrogens is 299 g/mol. The van der Waals surface area contributed by atoms with Crippen molar-refractivity contribution in [3.8, 4) is 6.07 Å². The van der Waals surface area contributed by atoms with Crippen molar-refractivity contribution in [1.82, 2.24) is 9.78 Å². The van der Waals surface area contributed by atoms with Crippen LogP contribution in [0.3, 0.4) is 0 Å². The number of nitrogens with zero attached hydrogens (tertiary/aromatic N) is 3. The monoisotopic (exact) mass is 319 g/mol. The first-order valence-electron chi connectivity index (χ1n) is 6.64. The first kappa shape index (κ1) is 17.7. The molecule has 0 fully saturated rings. The van der Waals surface area contributed by atoms with Crippen LogP contribution in [-0.4, -0.2) is 24.5 Å². The summed E-state index contributed by atoms with van der Waals surface area (Å²) in [6.45, 7) is 8.60. The molecule has 1 heterocycles. The van der Waals surface area contributed by atoms with Crippen molar-refractivity contribution in [1.29, 1.82) is 5.26 Å². The second kappa shape index (κ2) is 6.62. The van der Waals surface area contributed by atoms with Gasteiger partial charge in [0.05, 0.1) is 12.5 Å². The van der Waals surface area contributed by atoms with E-state index in [4.69, 9.17) is 10.00 Å². The summed E-state index contributed by atoms with van der Waals surface area (Å²) < 4.78 is 45.3. The molecule has 0 aliphatic rings. The Labute approximate surface area is 123 Å². The molecular formula is C13H20F3N3OSi. The molecule has 1 aromatic heterocycles. The van der Waals surface area contributed by atoms with E-state index < -0.39 is 19.9 Å². The summed E-state index contributed by atoms with van der Waals surface area (Å²) in [5, 5.41) is 12.2. The fraction of sp³-hybridized carbons (Fsp3) is 0.692. The summed E-state index contributed by atoms with van der Waals surface area (Å²) in [4.78, 5) is 0. The summed E-state index contributed by atoms with van der Waals surface area (Å²) in [5.74, 6) is 0. The standard InChI is InChI=1S/C13H20F3N3OSi/c1-10-11(5-6-17)12(13(14,15)16)18-19(10)9-20-7-8-21(2,3)4/h5,7-9H2,1-4H3. The van der Waals surface area contributed by atoms with Gasteiger partial charge in [-0.2, -0.15) is 23.5 Å². The molecule has 0 aromatic carbocycles. The Morgan fingerprint density at radius 3 is 2.43 bits per heavy atom. The van der Waals surface area contributed by atoms with Crippen LogP contribution in [0.1, 0.15) is 17.0 Å². The third kappa shape index (κ3) is 5.17. The van der Waals surface area contributed by atoms with Gasteiger partial charge in [0.25, 0.3) is 0 Å². The zero-order chi connectivity index (χ0) is 16.3. The normalized spacial score (nSPS) is 12.5. The van der Waals surface area contributed by atoms with Crippen molar-refractivity contribution >= 4 is 8.07 Å². The van der Waals surface area contributed by atoms with Gasteiger partial charge in [-0.25, -0.2) is 4.68 Å². The summed E-state index contributed by atoms with van der Waals surface area (Å²) >= 11 is 0. The molecule has 21 heavy (non-hydrogen) atoms. The van der Waals surface area contributed by atoms with Crippen molar-refractivity contribution in [2.75, 3.05) is 6.61 Å². The number of halogens is 3. The highest BCUT2D eigenvalue weighted by atomic mass is 28.3. The maximum atomic E-state index is 12.9. The molecule has 4 nitrogen and oxygen atoms in total. The van der Waals surface area contributed by atoms with Crippen LogP contribution in [0.15, 0.2) is 0 Å². The van der Waals surface area contributed by atoms with E-state index in [-0.39, 0.29) is 18.7 Å². The molecule has 1 rings (SSSR count). The van der Waals surface area contributed by atoms with Gasteiger partial charge in [-0.3, -0.25) is 0 Å². The van der Waals surface area contributed by atoms with E-state index in [0.29, 0.717) is 12.3 Å². The summed E-state index contributed by atoms with van der Waals surface area (Å²) in [6.07, 6.45) is -4.86. The molecule has 0 bridgehead atoms. The van der Waals surface area contributed by atoms with Crippen molar-refractivity contribution < 1.29 is 17.9 Å². The maximum Gasteiger partial charge on any atom is 0.435 e. The average molecular weight is 319 g/mol. The van der Waals surface area contributed by atoms with E-state index in [1.54, 1.807) is 6.07 Å². The number of nitriles is 1. The molecule has 8 heteroatoms. The maximum absolute atomic E-state index is 12.9. The molecule has 0 saturated carbocycles. The third-order valence-electron chi connectivity index (χ3n) is 3.06. The fourth-order valence-corrected chi connectivity index (χ4v) is 2.51. The molecule has 0 aliphatic carbocycles. The second-order valence-corrected chi connectivity index (χ2v) is 11.7. The predicted molar refractivity (Wildman–Crippen MR) is 75.4 cm³/mol. The zero-order valence-electron chi connectivity index (χ0n) is 12.7. The first-order valence-corrected chi connectivity index (χ1v) is 10.3. The van der Waals surface area contributed by atoms with Gasteiger partial charge in [0.1, 0.15) is 6.73 Å². The van der Waals surface area contributed by atoms with Crippen LogP contribution in [0.5, 0.6) is 0 Å². The molecule has 0 aliphatic heterocycles. The highest BCUT2D eigenvalue weighted by Crippen LogP contribution is 2.32. The predicted octanol–water partition coefficient (Wildman–Crippen LogP) is 3.59. The average Bonchev–Trinajstić information content (AvgIpc) is 2.62. The van der Waals surface area contributed by atoms with Gasteiger partial charge in [-0.15, -0.1) is 0 Å². The minimum Gasteiger partial charge on any atom is -0.360 e. The van der Waals surface area contributed by atoms with Crippen molar-refractivity contribution in [2.45, 2.75) is 51.9 Å². The van der Waals surface area contributed by atoms with Crippen LogP contribution < -0.4 is 0 Å². The number of rotatable bonds is 6. The highest BCUT2D eigenvalue weighted by Gasteiger charge is 2.38. The van der Waals surface area contributed by atoms with E-state index in [1.165, 1.54) is 11.6 Å². The van der Waals surface area contributed by atoms with Crippen LogP contribution in [0.2, 0.25) is 25.7 Å². The smallest absolute Gasteiger partial charge is 0.360 e. The SMILES string of the molecule is Cc1c(CC#N)c(C(F)(F)F)nn1COCC[Si](C)(C)C. The fourth-order valence-electron chi connectivity index (χ4n) is 1.76. The van der Waals surface area contributed by atoms with Crippen molar-refractivity contribution in [3.05, 3.63) is 17.0 Å². The number of aromatic nitrogens is 2. The Hall–Kier alpha value is -1.33. The van der Waals surface area contributed by atoms with Crippen LogP contribution >= 0.6 is 0 Å². The second-order valence-electron chi connectivity index (χ2n) is 6.09. The quantitative estimate of drug-likeness (QED) is 0.595. The van der Waals surface area contributed by atoms with Gasteiger partial charge in [0, 0.05) is 25.9 Å². The Balaban J connectivity index is 2.82. The van der Waals surface area contributed by atoms with E-state index in [9.17, 15) is 13.2 Å². The van der Waals surface area contributed by atoms with E-state index in [1.807, 2.05) is 0 Å². The lowest BCUT2D eigenvalue weighted by Crippen LogP contribution is -2.22. The Morgan fingerprint density at radius 1 is 1.33 bits per heavy atom. The summed E-state index contributed by atoms with van der Waals surface area (Å²) in [5.41, 5.74) is -0.731. The first-order chi connectivity index (χ1) is 9.56. The van der Waals surface area contributed by atoms with Gasteiger partial charge in [0.15, 0.2) is 5.69 Å². The van der Waals surface area contributed by atoms with Crippen molar-refractivity contribution in [3.63, 3.8) is 0 Å². The Bertz CT molecular complexity index is 526. The Morgan fingerprint density at radius 2 is 1.95 bits per heavy atom. The van der Waals surface area contributed by atoms with Crippen LogP contribution in [0.25, 0.3) is 0 Å². The molecule has 0 spiro atoms. The molecule has 0 N–H and O–H groups in total. The zero-order valence-corrected chi connectivity index (χ0v) is 13.7. The molecule has 0 atom stereocenters. The minimum atomic E-state index is -4.56. The van der Waals surface area contributed by atoms with Gasteiger partial charge in [-0.1, -0.05) is 19.6 Å². The van der Waals surface area contributed by atoms with Gasteiger partial charge in [-0.05, 0) is 13.0 Å².